The fourth-order valence-electron chi connectivity index (χ4n) is 3.39. The first-order valence-corrected chi connectivity index (χ1v) is 12.1. The smallest absolute Gasteiger partial charge is 0.264 e. The van der Waals surface area contributed by atoms with Gasteiger partial charge in [0.25, 0.3) is 5.91 Å². The van der Waals surface area contributed by atoms with Crippen LogP contribution < -0.4 is 5.48 Å². The van der Waals surface area contributed by atoms with Gasteiger partial charge in [0, 0.05) is 24.6 Å². The Morgan fingerprint density at radius 2 is 1.97 bits per heavy atom. The van der Waals surface area contributed by atoms with Crippen LogP contribution in [0.15, 0.2) is 61.5 Å². The Bertz CT molecular complexity index is 1190. The Hall–Kier alpha value is -3.28. The molecule has 1 aliphatic heterocycles. The van der Waals surface area contributed by atoms with Crippen LogP contribution in [0.25, 0.3) is 16.8 Å². The van der Waals surface area contributed by atoms with Crippen LogP contribution in [0.5, 0.6) is 0 Å². The minimum absolute atomic E-state index is 0.0811. The summed E-state index contributed by atoms with van der Waals surface area (Å²) in [6.07, 6.45) is 8.46. The van der Waals surface area contributed by atoms with E-state index in [1.807, 2.05) is 30.5 Å². The lowest BCUT2D eigenvalue weighted by atomic mass is 10.00. The summed E-state index contributed by atoms with van der Waals surface area (Å²) in [7, 11) is -3.81. The van der Waals surface area contributed by atoms with Crippen molar-refractivity contribution in [3.05, 3.63) is 67.0 Å². The Kier molecular flexibility index (Phi) is 7.15. The summed E-state index contributed by atoms with van der Waals surface area (Å²) >= 11 is 0. The van der Waals surface area contributed by atoms with Crippen molar-refractivity contribution in [1.29, 1.82) is 0 Å². The number of benzene rings is 1. The van der Waals surface area contributed by atoms with Crippen molar-refractivity contribution in [1.82, 2.24) is 25.4 Å². The third-order valence-electron chi connectivity index (χ3n) is 5.73. The standard InChI is InChI=1S/C22H27N5O5S/c1-4-11-27-15-19(23-25-27)17-7-5-16(6-8-17)18-9-12-26(20(28)14-18)13-10-22(2,21(29)24-30)33(3,31)32/h4-9,12,14-15,20,28,30H,1,10-11,13H2,2-3H3,(H,24,29). The highest BCUT2D eigenvalue weighted by molar-refractivity contribution is 7.92. The third kappa shape index (κ3) is 5.21. The maximum atomic E-state index is 12.1. The molecule has 0 aliphatic carbocycles. The number of hydrogen-bond donors (Lipinski definition) is 3. The van der Waals surface area contributed by atoms with Gasteiger partial charge in [-0.1, -0.05) is 35.6 Å². The number of amides is 1. The Labute approximate surface area is 192 Å². The molecule has 1 aromatic carbocycles. The molecule has 0 bridgehead atoms. The van der Waals surface area contributed by atoms with Crippen molar-refractivity contribution in [3.63, 3.8) is 0 Å². The zero-order valence-corrected chi connectivity index (χ0v) is 19.2. The molecule has 3 rings (SSSR count). The first-order valence-electron chi connectivity index (χ1n) is 10.2. The highest BCUT2D eigenvalue weighted by Gasteiger charge is 2.43. The van der Waals surface area contributed by atoms with Crippen molar-refractivity contribution < 1.29 is 23.5 Å². The number of aliphatic hydroxyl groups excluding tert-OH is 1. The van der Waals surface area contributed by atoms with E-state index in [4.69, 9.17) is 5.21 Å². The zero-order chi connectivity index (χ0) is 24.2. The number of carbonyl (C=O) groups excluding carboxylic acids is 1. The lowest BCUT2D eigenvalue weighted by Crippen LogP contribution is -2.51. The van der Waals surface area contributed by atoms with E-state index in [2.05, 4.69) is 16.9 Å². The van der Waals surface area contributed by atoms with Gasteiger partial charge in [0.15, 0.2) is 14.6 Å². The van der Waals surface area contributed by atoms with Gasteiger partial charge in [-0.2, -0.15) is 0 Å². The molecule has 2 heterocycles. The normalized spacial score (nSPS) is 17.9. The van der Waals surface area contributed by atoms with E-state index < -0.39 is 26.7 Å². The number of allylic oxidation sites excluding steroid dienone is 3. The van der Waals surface area contributed by atoms with Gasteiger partial charge in [-0.3, -0.25) is 10.0 Å². The lowest BCUT2D eigenvalue weighted by molar-refractivity contribution is -0.131. The van der Waals surface area contributed by atoms with E-state index in [1.54, 1.807) is 29.1 Å². The first kappa shape index (κ1) is 24.4. The molecule has 10 nitrogen and oxygen atoms in total. The maximum Gasteiger partial charge on any atom is 0.264 e. The van der Waals surface area contributed by atoms with Crippen LogP contribution in [0, 0.1) is 0 Å². The number of carbonyl (C=O) groups is 1. The summed E-state index contributed by atoms with van der Waals surface area (Å²) in [6, 6.07) is 7.64. The van der Waals surface area contributed by atoms with Gasteiger partial charge in [-0.25, -0.2) is 18.6 Å². The van der Waals surface area contributed by atoms with Gasteiger partial charge in [0.1, 0.15) is 11.9 Å². The number of hydrogen-bond acceptors (Lipinski definition) is 8. The average Bonchev–Trinajstić information content (AvgIpc) is 3.25. The molecular formula is C22H27N5O5S. The second-order valence-corrected chi connectivity index (χ2v) is 10.4. The number of nitrogens with one attached hydrogen (secondary N) is 1. The monoisotopic (exact) mass is 473 g/mol. The van der Waals surface area contributed by atoms with Crippen LogP contribution in [0.4, 0.5) is 0 Å². The summed E-state index contributed by atoms with van der Waals surface area (Å²) in [5, 5.41) is 27.7. The molecule has 2 unspecified atom stereocenters. The summed E-state index contributed by atoms with van der Waals surface area (Å²) in [5.74, 6) is -1.01. The van der Waals surface area contributed by atoms with Crippen LogP contribution in [0.2, 0.25) is 0 Å². The average molecular weight is 474 g/mol. The molecule has 0 radical (unpaired) electrons. The number of aliphatic hydroxyl groups is 1. The van der Waals surface area contributed by atoms with E-state index in [-0.39, 0.29) is 13.0 Å². The van der Waals surface area contributed by atoms with Crippen LogP contribution in [0.3, 0.4) is 0 Å². The Morgan fingerprint density at radius 3 is 2.55 bits per heavy atom. The first-order chi connectivity index (χ1) is 15.6. The van der Waals surface area contributed by atoms with Crippen molar-refractivity contribution in [3.8, 4) is 11.3 Å². The summed E-state index contributed by atoms with van der Waals surface area (Å²) < 4.78 is 24.1. The van der Waals surface area contributed by atoms with Crippen molar-refractivity contribution in [2.24, 2.45) is 0 Å². The molecule has 3 N–H and O–H groups in total. The van der Waals surface area contributed by atoms with Gasteiger partial charge in [-0.05, 0) is 36.6 Å². The number of nitrogens with zero attached hydrogens (tertiary/aromatic N) is 4. The number of hydroxylamine groups is 1. The predicted molar refractivity (Wildman–Crippen MR) is 123 cm³/mol. The van der Waals surface area contributed by atoms with E-state index in [9.17, 15) is 18.3 Å². The molecule has 0 saturated heterocycles. The minimum atomic E-state index is -3.81. The van der Waals surface area contributed by atoms with E-state index in [0.717, 1.165) is 28.6 Å². The Morgan fingerprint density at radius 1 is 1.30 bits per heavy atom. The van der Waals surface area contributed by atoms with Crippen LogP contribution >= 0.6 is 0 Å². The van der Waals surface area contributed by atoms with Crippen LogP contribution in [0.1, 0.15) is 18.9 Å². The topological polar surface area (TPSA) is 138 Å². The van der Waals surface area contributed by atoms with Gasteiger partial charge in [0.05, 0.1) is 12.7 Å². The fraction of sp³-hybridized carbons (Fsp3) is 0.318. The molecule has 2 atom stereocenters. The summed E-state index contributed by atoms with van der Waals surface area (Å²) in [6.45, 7) is 5.58. The second-order valence-electron chi connectivity index (χ2n) is 7.97. The molecular weight excluding hydrogens is 446 g/mol. The maximum absolute atomic E-state index is 12.1. The van der Waals surface area contributed by atoms with E-state index in [1.165, 1.54) is 17.3 Å². The second kappa shape index (κ2) is 9.69. The molecule has 1 aromatic heterocycles. The van der Waals surface area contributed by atoms with Crippen LogP contribution in [-0.2, 0) is 21.2 Å². The number of sulfone groups is 1. The molecule has 0 spiro atoms. The van der Waals surface area contributed by atoms with Gasteiger partial charge in [-0.15, -0.1) is 11.7 Å². The predicted octanol–water partition coefficient (Wildman–Crippen LogP) is 1.36. The molecule has 11 heteroatoms. The number of rotatable bonds is 9. The highest BCUT2D eigenvalue weighted by Crippen LogP contribution is 2.27. The molecule has 0 fully saturated rings. The largest absolute Gasteiger partial charge is 0.370 e. The lowest BCUT2D eigenvalue weighted by Gasteiger charge is -2.32. The minimum Gasteiger partial charge on any atom is -0.370 e. The van der Waals surface area contributed by atoms with Gasteiger partial charge >= 0.3 is 0 Å². The third-order valence-corrected chi connectivity index (χ3v) is 7.76. The molecule has 1 amide bonds. The van der Waals surface area contributed by atoms with E-state index >= 15 is 0 Å². The molecule has 176 valence electrons. The SMILES string of the molecule is C=CCn1cc(-c2ccc(C3=CC(O)N(CCC(C)(C(=O)NO)S(C)(=O)=O)C=C3)cc2)nn1. The quantitative estimate of drug-likeness (QED) is 0.282. The fourth-order valence-corrected chi connectivity index (χ4v) is 4.23. The van der Waals surface area contributed by atoms with Crippen molar-refractivity contribution >= 4 is 21.3 Å². The highest BCUT2D eigenvalue weighted by atomic mass is 32.2. The van der Waals surface area contributed by atoms with Crippen molar-refractivity contribution in [2.75, 3.05) is 12.8 Å². The van der Waals surface area contributed by atoms with Crippen LogP contribution in [-0.4, -0.2) is 68.3 Å². The van der Waals surface area contributed by atoms with Gasteiger partial charge in [0.2, 0.25) is 0 Å². The molecule has 2 aromatic rings. The zero-order valence-electron chi connectivity index (χ0n) is 18.4. The molecule has 0 saturated carbocycles. The van der Waals surface area contributed by atoms with Crippen molar-refractivity contribution in [2.45, 2.75) is 30.9 Å². The molecule has 1 aliphatic rings. The van der Waals surface area contributed by atoms with E-state index in [0.29, 0.717) is 6.54 Å². The number of aromatic nitrogens is 3. The van der Waals surface area contributed by atoms with Gasteiger partial charge < -0.3 is 10.0 Å². The molecule has 33 heavy (non-hydrogen) atoms. The Balaban J connectivity index is 1.69. The summed E-state index contributed by atoms with van der Waals surface area (Å²) in [5.41, 5.74) is 4.74. The summed E-state index contributed by atoms with van der Waals surface area (Å²) in [4.78, 5) is 13.5.